The fourth-order valence-electron chi connectivity index (χ4n) is 0.364. The van der Waals surface area contributed by atoms with Gasteiger partial charge in [0.25, 0.3) is 0 Å². The highest BCUT2D eigenvalue weighted by Gasteiger charge is 2.28. The summed E-state index contributed by atoms with van der Waals surface area (Å²) in [7, 11) is 1.26. The maximum atomic E-state index is 10.6. The lowest BCUT2D eigenvalue weighted by atomic mass is 10.1. The quantitative estimate of drug-likeness (QED) is 0.550. The Labute approximate surface area is 54.6 Å². The fraction of sp³-hybridized carbons (Fsp3) is 0.833. The zero-order chi connectivity index (χ0) is 7.49. The van der Waals surface area contributed by atoms with Crippen molar-refractivity contribution in [3.63, 3.8) is 0 Å². The maximum Gasteiger partial charge on any atom is 0.337 e. The van der Waals surface area contributed by atoms with Crippen molar-refractivity contribution in [3.05, 3.63) is 0 Å². The van der Waals surface area contributed by atoms with Crippen LogP contribution >= 0.6 is 0 Å². The number of hydrogen-bond donors (Lipinski definition) is 1. The molecule has 0 saturated carbocycles. The molecule has 9 heavy (non-hydrogen) atoms. The van der Waals surface area contributed by atoms with Crippen molar-refractivity contribution in [3.8, 4) is 0 Å². The van der Waals surface area contributed by atoms with Gasteiger partial charge in [-0.15, -0.1) is 0 Å². The Bertz CT molecular complexity index is 107. The fourth-order valence-corrected chi connectivity index (χ4v) is 0.364. The summed E-state index contributed by atoms with van der Waals surface area (Å²) in [6.07, 6.45) is 0.375. The van der Waals surface area contributed by atoms with Crippen LogP contribution in [0.25, 0.3) is 0 Å². The lowest BCUT2D eigenvalue weighted by molar-refractivity contribution is -0.160. The summed E-state index contributed by atoms with van der Waals surface area (Å²) in [4.78, 5) is 10.6. The predicted molar refractivity (Wildman–Crippen MR) is 32.9 cm³/mol. The van der Waals surface area contributed by atoms with E-state index < -0.39 is 11.6 Å². The van der Waals surface area contributed by atoms with Crippen LogP contribution in [-0.4, -0.2) is 23.8 Å². The highest BCUT2D eigenvalue weighted by atomic mass is 16.5. The molecule has 3 nitrogen and oxygen atoms in total. The van der Waals surface area contributed by atoms with Crippen molar-refractivity contribution in [1.82, 2.24) is 0 Å². The normalized spacial score (nSPS) is 16.4. The van der Waals surface area contributed by atoms with E-state index >= 15 is 0 Å². The molecule has 0 amide bonds. The zero-order valence-electron chi connectivity index (χ0n) is 5.97. The minimum atomic E-state index is -1.31. The van der Waals surface area contributed by atoms with E-state index in [9.17, 15) is 4.79 Å². The van der Waals surface area contributed by atoms with Gasteiger partial charge in [-0.05, 0) is 13.3 Å². The number of carbonyl (C=O) groups is 1. The number of ether oxygens (including phenoxy) is 1. The minimum absolute atomic E-state index is 0.375. The highest BCUT2D eigenvalue weighted by Crippen LogP contribution is 2.09. The molecule has 1 N–H and O–H groups in total. The highest BCUT2D eigenvalue weighted by molar-refractivity contribution is 5.78. The van der Waals surface area contributed by atoms with E-state index in [0.29, 0.717) is 6.42 Å². The van der Waals surface area contributed by atoms with Crippen LogP contribution in [0.2, 0.25) is 0 Å². The van der Waals surface area contributed by atoms with E-state index in [1.165, 1.54) is 14.0 Å². The number of esters is 1. The Morgan fingerprint density at radius 1 is 1.78 bits per heavy atom. The second kappa shape index (κ2) is 2.82. The molecule has 54 valence electrons. The van der Waals surface area contributed by atoms with Gasteiger partial charge in [0.1, 0.15) is 0 Å². The van der Waals surface area contributed by atoms with Crippen LogP contribution in [-0.2, 0) is 9.53 Å². The van der Waals surface area contributed by atoms with Gasteiger partial charge in [0, 0.05) is 0 Å². The molecule has 0 aliphatic rings. The molecule has 0 fully saturated rings. The summed E-state index contributed by atoms with van der Waals surface area (Å²) in [6, 6.07) is 0. The summed E-state index contributed by atoms with van der Waals surface area (Å²) in [6.45, 7) is 3.15. The average Bonchev–Trinajstić information content (AvgIpc) is 1.86. The van der Waals surface area contributed by atoms with Crippen LogP contribution in [0, 0.1) is 0 Å². The number of rotatable bonds is 2. The molecule has 1 atom stereocenters. The first-order chi connectivity index (χ1) is 4.04. The Morgan fingerprint density at radius 2 is 2.22 bits per heavy atom. The van der Waals surface area contributed by atoms with E-state index in [-0.39, 0.29) is 0 Å². The van der Waals surface area contributed by atoms with Crippen molar-refractivity contribution in [2.75, 3.05) is 7.11 Å². The van der Waals surface area contributed by atoms with Crippen LogP contribution in [0.3, 0.4) is 0 Å². The van der Waals surface area contributed by atoms with Gasteiger partial charge in [0.2, 0.25) is 0 Å². The van der Waals surface area contributed by atoms with Crippen LogP contribution in [0.15, 0.2) is 0 Å². The van der Waals surface area contributed by atoms with E-state index in [1.54, 1.807) is 6.92 Å². The van der Waals surface area contributed by atoms with Gasteiger partial charge >= 0.3 is 5.97 Å². The second-order valence-corrected chi connectivity index (χ2v) is 2.12. The Hall–Kier alpha value is -0.570. The molecule has 0 unspecified atom stereocenters. The molecule has 0 aromatic heterocycles. The molecular formula is C6H12O3. The van der Waals surface area contributed by atoms with Crippen molar-refractivity contribution in [2.45, 2.75) is 25.9 Å². The first-order valence-electron chi connectivity index (χ1n) is 2.85. The van der Waals surface area contributed by atoms with E-state index in [4.69, 9.17) is 5.11 Å². The van der Waals surface area contributed by atoms with Gasteiger partial charge in [0.15, 0.2) is 5.60 Å². The van der Waals surface area contributed by atoms with Crippen LogP contribution in [0.1, 0.15) is 20.3 Å². The van der Waals surface area contributed by atoms with Gasteiger partial charge < -0.3 is 9.84 Å². The molecule has 0 rings (SSSR count). The third kappa shape index (κ3) is 2.01. The van der Waals surface area contributed by atoms with E-state index in [1.807, 2.05) is 0 Å². The Balaban J connectivity index is 3.97. The maximum absolute atomic E-state index is 10.6. The first-order valence-corrected chi connectivity index (χ1v) is 2.85. The molecule has 3 heteroatoms. The lowest BCUT2D eigenvalue weighted by Crippen LogP contribution is -2.35. The Morgan fingerprint density at radius 3 is 2.33 bits per heavy atom. The van der Waals surface area contributed by atoms with Gasteiger partial charge in [-0.3, -0.25) is 0 Å². The molecule has 0 aliphatic carbocycles. The molecule has 0 heterocycles. The SMILES string of the molecule is CC[C@@](C)(O)C(=O)OC. The molecule has 0 saturated heterocycles. The molecule has 0 bridgehead atoms. The van der Waals surface area contributed by atoms with Crippen molar-refractivity contribution >= 4 is 5.97 Å². The summed E-state index contributed by atoms with van der Waals surface area (Å²) in [5, 5.41) is 9.12. The molecule has 0 spiro atoms. The summed E-state index contributed by atoms with van der Waals surface area (Å²) in [5.74, 6) is -0.579. The number of aliphatic hydroxyl groups is 1. The van der Waals surface area contributed by atoms with E-state index in [0.717, 1.165) is 0 Å². The Kier molecular flexibility index (Phi) is 2.65. The monoisotopic (exact) mass is 132 g/mol. The van der Waals surface area contributed by atoms with Crippen molar-refractivity contribution in [1.29, 1.82) is 0 Å². The van der Waals surface area contributed by atoms with Crippen LogP contribution in [0.5, 0.6) is 0 Å². The van der Waals surface area contributed by atoms with E-state index in [2.05, 4.69) is 4.74 Å². The van der Waals surface area contributed by atoms with Crippen molar-refractivity contribution < 1.29 is 14.6 Å². The van der Waals surface area contributed by atoms with Crippen LogP contribution in [0.4, 0.5) is 0 Å². The predicted octanol–water partition coefficient (Wildman–Crippen LogP) is 0.320. The number of carbonyl (C=O) groups excluding carboxylic acids is 1. The van der Waals surface area contributed by atoms with Crippen LogP contribution < -0.4 is 0 Å². The standard InChI is InChI=1S/C6H12O3/c1-4-6(2,8)5(7)9-3/h8H,4H2,1-3H3/t6-/m1/s1. The average molecular weight is 132 g/mol. The topological polar surface area (TPSA) is 46.5 Å². The summed E-state index contributed by atoms with van der Waals surface area (Å²) < 4.78 is 4.32. The molecule has 0 aliphatic heterocycles. The van der Waals surface area contributed by atoms with Gasteiger partial charge in [0.05, 0.1) is 7.11 Å². The van der Waals surface area contributed by atoms with Gasteiger partial charge in [-0.1, -0.05) is 6.92 Å². The molecular weight excluding hydrogens is 120 g/mol. The van der Waals surface area contributed by atoms with Gasteiger partial charge in [-0.25, -0.2) is 4.79 Å². The van der Waals surface area contributed by atoms with Crippen molar-refractivity contribution in [2.24, 2.45) is 0 Å². The minimum Gasteiger partial charge on any atom is -0.467 e. The molecule has 0 aromatic rings. The second-order valence-electron chi connectivity index (χ2n) is 2.12. The molecule has 0 aromatic carbocycles. The third-order valence-corrected chi connectivity index (χ3v) is 1.31. The molecule has 0 radical (unpaired) electrons. The first kappa shape index (κ1) is 8.43. The largest absolute Gasteiger partial charge is 0.467 e. The lowest BCUT2D eigenvalue weighted by Gasteiger charge is -2.16. The summed E-state index contributed by atoms with van der Waals surface area (Å²) >= 11 is 0. The summed E-state index contributed by atoms with van der Waals surface area (Å²) in [5.41, 5.74) is -1.31. The number of hydrogen-bond acceptors (Lipinski definition) is 3. The zero-order valence-corrected chi connectivity index (χ0v) is 5.97. The smallest absolute Gasteiger partial charge is 0.337 e. The third-order valence-electron chi connectivity index (χ3n) is 1.31. The number of methoxy groups -OCH3 is 1. The van der Waals surface area contributed by atoms with Gasteiger partial charge in [-0.2, -0.15) is 0 Å².